The van der Waals surface area contributed by atoms with Crippen LogP contribution in [-0.4, -0.2) is 32.7 Å². The molecule has 23 heavy (non-hydrogen) atoms. The fourth-order valence-electron chi connectivity index (χ4n) is 1.88. The largest absolute Gasteiger partial charge is 0.321 e. The SMILES string of the molecule is CN(C)S(=O)(=O)c1ccccc1NC(=O)c1ccc(C#N)cc1. The molecule has 1 N–H and O–H groups in total. The Kier molecular flexibility index (Phi) is 4.79. The number of hydrogen-bond acceptors (Lipinski definition) is 4. The van der Waals surface area contributed by atoms with Gasteiger partial charge in [0.15, 0.2) is 0 Å². The number of rotatable bonds is 4. The second kappa shape index (κ2) is 6.60. The van der Waals surface area contributed by atoms with E-state index in [1.54, 1.807) is 12.1 Å². The Balaban J connectivity index is 2.34. The van der Waals surface area contributed by atoms with Crippen molar-refractivity contribution in [3.63, 3.8) is 0 Å². The molecule has 0 spiro atoms. The Hall–Kier alpha value is -2.69. The van der Waals surface area contributed by atoms with Crippen LogP contribution >= 0.6 is 0 Å². The minimum atomic E-state index is -3.67. The van der Waals surface area contributed by atoms with Gasteiger partial charge in [-0.3, -0.25) is 4.79 Å². The number of amides is 1. The zero-order chi connectivity index (χ0) is 17.0. The summed E-state index contributed by atoms with van der Waals surface area (Å²) in [6.07, 6.45) is 0. The number of benzene rings is 2. The lowest BCUT2D eigenvalue weighted by Crippen LogP contribution is -2.24. The molecule has 0 saturated heterocycles. The van der Waals surface area contributed by atoms with E-state index in [0.717, 1.165) is 4.31 Å². The molecule has 2 rings (SSSR count). The molecule has 118 valence electrons. The monoisotopic (exact) mass is 329 g/mol. The van der Waals surface area contributed by atoms with Crippen LogP contribution in [0.25, 0.3) is 0 Å². The molecular formula is C16H15N3O3S. The first-order valence-electron chi connectivity index (χ1n) is 6.69. The van der Waals surface area contributed by atoms with Crippen molar-refractivity contribution in [3.8, 4) is 6.07 Å². The van der Waals surface area contributed by atoms with Gasteiger partial charge in [0.1, 0.15) is 4.90 Å². The van der Waals surface area contributed by atoms with Crippen molar-refractivity contribution in [2.24, 2.45) is 0 Å². The standard InChI is InChI=1S/C16H15N3O3S/c1-19(2)23(21,22)15-6-4-3-5-14(15)18-16(20)13-9-7-12(11-17)8-10-13/h3-10H,1-2H3,(H,18,20). The van der Waals surface area contributed by atoms with E-state index in [2.05, 4.69) is 5.32 Å². The molecule has 0 aliphatic rings. The Morgan fingerprint density at radius 2 is 1.70 bits per heavy atom. The molecule has 2 aromatic rings. The summed E-state index contributed by atoms with van der Waals surface area (Å²) in [6, 6.07) is 14.2. The fourth-order valence-corrected chi connectivity index (χ4v) is 2.92. The number of sulfonamides is 1. The minimum absolute atomic E-state index is 0.0204. The molecule has 0 aliphatic carbocycles. The van der Waals surface area contributed by atoms with Crippen molar-refractivity contribution < 1.29 is 13.2 Å². The van der Waals surface area contributed by atoms with Gasteiger partial charge >= 0.3 is 0 Å². The van der Waals surface area contributed by atoms with E-state index in [0.29, 0.717) is 11.1 Å². The summed E-state index contributed by atoms with van der Waals surface area (Å²) in [5.74, 6) is -0.448. The third kappa shape index (κ3) is 3.56. The maximum atomic E-state index is 12.3. The lowest BCUT2D eigenvalue weighted by molar-refractivity contribution is 0.102. The third-order valence-corrected chi connectivity index (χ3v) is 5.04. The Bertz CT molecular complexity index is 866. The van der Waals surface area contributed by atoms with E-state index >= 15 is 0 Å². The molecule has 0 radical (unpaired) electrons. The Morgan fingerprint density at radius 3 is 2.26 bits per heavy atom. The van der Waals surface area contributed by atoms with Gasteiger partial charge in [-0.05, 0) is 36.4 Å². The topological polar surface area (TPSA) is 90.3 Å². The number of nitrogens with one attached hydrogen (secondary N) is 1. The van der Waals surface area contributed by atoms with E-state index < -0.39 is 15.9 Å². The maximum absolute atomic E-state index is 12.3. The number of nitrogens with zero attached hydrogens (tertiary/aromatic N) is 2. The minimum Gasteiger partial charge on any atom is -0.321 e. The second-order valence-electron chi connectivity index (χ2n) is 4.93. The molecule has 6 nitrogen and oxygen atoms in total. The molecule has 7 heteroatoms. The van der Waals surface area contributed by atoms with Crippen molar-refractivity contribution >= 4 is 21.6 Å². The summed E-state index contributed by atoms with van der Waals surface area (Å²) < 4.78 is 25.7. The van der Waals surface area contributed by atoms with Crippen molar-refractivity contribution in [1.29, 1.82) is 5.26 Å². The lowest BCUT2D eigenvalue weighted by Gasteiger charge is -2.15. The van der Waals surface area contributed by atoms with Crippen LogP contribution < -0.4 is 5.32 Å². The Labute approximate surface area is 135 Å². The van der Waals surface area contributed by atoms with Crippen molar-refractivity contribution in [2.75, 3.05) is 19.4 Å². The lowest BCUT2D eigenvalue weighted by atomic mass is 10.1. The predicted molar refractivity (Wildman–Crippen MR) is 86.4 cm³/mol. The summed E-state index contributed by atoms with van der Waals surface area (Å²) in [6.45, 7) is 0. The summed E-state index contributed by atoms with van der Waals surface area (Å²) in [5, 5.41) is 11.4. The van der Waals surface area contributed by atoms with Crippen LogP contribution in [-0.2, 0) is 10.0 Å². The number of carbonyl (C=O) groups is 1. The van der Waals surface area contributed by atoms with Gasteiger partial charge in [-0.15, -0.1) is 0 Å². The van der Waals surface area contributed by atoms with Crippen molar-refractivity contribution in [2.45, 2.75) is 4.90 Å². The molecule has 0 heterocycles. The molecule has 0 aliphatic heterocycles. The molecule has 0 atom stereocenters. The smallest absolute Gasteiger partial charge is 0.255 e. The summed E-state index contributed by atoms with van der Waals surface area (Å²) >= 11 is 0. The van der Waals surface area contributed by atoms with Crippen LogP contribution in [0.15, 0.2) is 53.4 Å². The quantitative estimate of drug-likeness (QED) is 0.929. The first kappa shape index (κ1) is 16.7. The highest BCUT2D eigenvalue weighted by atomic mass is 32.2. The van der Waals surface area contributed by atoms with E-state index in [-0.39, 0.29) is 10.6 Å². The number of anilines is 1. The molecular weight excluding hydrogens is 314 g/mol. The third-order valence-electron chi connectivity index (χ3n) is 3.17. The normalized spacial score (nSPS) is 11.0. The van der Waals surface area contributed by atoms with Crippen LogP contribution in [0, 0.1) is 11.3 Å². The fraction of sp³-hybridized carbons (Fsp3) is 0.125. The van der Waals surface area contributed by atoms with Gasteiger partial charge in [-0.2, -0.15) is 5.26 Å². The van der Waals surface area contributed by atoms with Gasteiger partial charge < -0.3 is 5.32 Å². The number of carbonyl (C=O) groups excluding carboxylic acids is 1. The molecule has 0 aromatic heterocycles. The summed E-state index contributed by atoms with van der Waals surface area (Å²) in [7, 11) is -0.820. The van der Waals surface area contributed by atoms with Gasteiger partial charge in [0, 0.05) is 19.7 Å². The highest BCUT2D eigenvalue weighted by molar-refractivity contribution is 7.89. The van der Waals surface area contributed by atoms with Crippen LogP contribution in [0.3, 0.4) is 0 Å². The number of nitriles is 1. The van der Waals surface area contributed by atoms with Gasteiger partial charge in [0.2, 0.25) is 10.0 Å². The van der Waals surface area contributed by atoms with Crippen molar-refractivity contribution in [1.82, 2.24) is 4.31 Å². The highest BCUT2D eigenvalue weighted by Gasteiger charge is 2.22. The van der Waals surface area contributed by atoms with E-state index in [1.807, 2.05) is 6.07 Å². The highest BCUT2D eigenvalue weighted by Crippen LogP contribution is 2.23. The molecule has 0 saturated carbocycles. The van der Waals surface area contributed by atoms with Crippen LogP contribution in [0.4, 0.5) is 5.69 Å². The van der Waals surface area contributed by atoms with Crippen LogP contribution in [0.5, 0.6) is 0 Å². The number of hydrogen-bond donors (Lipinski definition) is 1. The first-order chi connectivity index (χ1) is 10.9. The molecule has 0 bridgehead atoms. The van der Waals surface area contributed by atoms with Crippen LogP contribution in [0.1, 0.15) is 15.9 Å². The summed E-state index contributed by atoms with van der Waals surface area (Å²) in [4.78, 5) is 12.3. The number of para-hydroxylation sites is 1. The van der Waals surface area contributed by atoms with E-state index in [9.17, 15) is 13.2 Å². The van der Waals surface area contributed by atoms with Crippen molar-refractivity contribution in [3.05, 3.63) is 59.7 Å². The first-order valence-corrected chi connectivity index (χ1v) is 8.13. The zero-order valence-corrected chi connectivity index (χ0v) is 13.5. The average Bonchev–Trinajstić information content (AvgIpc) is 2.55. The molecule has 2 aromatic carbocycles. The molecule has 0 fully saturated rings. The predicted octanol–water partition coefficient (Wildman–Crippen LogP) is 2.06. The Morgan fingerprint density at radius 1 is 1.09 bits per heavy atom. The van der Waals surface area contributed by atoms with Gasteiger partial charge in [0.25, 0.3) is 5.91 Å². The van der Waals surface area contributed by atoms with E-state index in [4.69, 9.17) is 5.26 Å². The zero-order valence-electron chi connectivity index (χ0n) is 12.6. The average molecular weight is 329 g/mol. The second-order valence-corrected chi connectivity index (χ2v) is 7.05. The van der Waals surface area contributed by atoms with E-state index in [1.165, 1.54) is 50.5 Å². The van der Waals surface area contributed by atoms with Gasteiger partial charge in [0.05, 0.1) is 17.3 Å². The summed E-state index contributed by atoms with van der Waals surface area (Å²) in [5.41, 5.74) is 0.980. The van der Waals surface area contributed by atoms with Crippen LogP contribution in [0.2, 0.25) is 0 Å². The molecule has 0 unspecified atom stereocenters. The molecule has 1 amide bonds. The maximum Gasteiger partial charge on any atom is 0.255 e. The van der Waals surface area contributed by atoms with Gasteiger partial charge in [-0.1, -0.05) is 12.1 Å². The van der Waals surface area contributed by atoms with Gasteiger partial charge in [-0.25, -0.2) is 12.7 Å².